The second-order valence-corrected chi connectivity index (χ2v) is 11.3. The second-order valence-electron chi connectivity index (χ2n) is 11.3. The van der Waals surface area contributed by atoms with E-state index in [4.69, 9.17) is 9.64 Å². The summed E-state index contributed by atoms with van der Waals surface area (Å²) >= 11 is 0. The van der Waals surface area contributed by atoms with Gasteiger partial charge in [-0.05, 0) is 63.0 Å². The first-order valence-corrected chi connectivity index (χ1v) is 12.4. The Labute approximate surface area is 197 Å². The van der Waals surface area contributed by atoms with Crippen LogP contribution in [0.15, 0.2) is 42.0 Å². The van der Waals surface area contributed by atoms with Crippen molar-refractivity contribution in [3.8, 4) is 0 Å². The third-order valence-corrected chi connectivity index (χ3v) is 8.72. The Morgan fingerprint density at radius 1 is 1.24 bits per heavy atom. The van der Waals surface area contributed by atoms with Gasteiger partial charge in [-0.2, -0.15) is 0 Å². The van der Waals surface area contributed by atoms with Crippen molar-refractivity contribution < 1.29 is 9.45 Å². The molecule has 1 amide bonds. The van der Waals surface area contributed by atoms with E-state index in [1.54, 1.807) is 0 Å². The summed E-state index contributed by atoms with van der Waals surface area (Å²) in [4.78, 5) is 20.4. The highest BCUT2D eigenvalue weighted by molar-refractivity contribution is 6.47. The van der Waals surface area contributed by atoms with Crippen molar-refractivity contribution in [3.63, 3.8) is 0 Å². The molecule has 171 valence electrons. The molecule has 1 aromatic carbocycles. The van der Waals surface area contributed by atoms with Crippen LogP contribution in [0.2, 0.25) is 0 Å². The topological polar surface area (TPSA) is 47.4 Å². The molecular formula is C27H33BN3O2. The van der Waals surface area contributed by atoms with E-state index < -0.39 is 0 Å². The summed E-state index contributed by atoms with van der Waals surface area (Å²) in [5, 5.41) is 0. The van der Waals surface area contributed by atoms with E-state index in [2.05, 4.69) is 68.7 Å². The smallest absolute Gasteiger partial charge is 0.330 e. The lowest BCUT2D eigenvalue weighted by atomic mass is 9.74. The van der Waals surface area contributed by atoms with Crippen molar-refractivity contribution in [3.05, 3.63) is 47.8 Å². The number of amides is 1. The highest BCUT2D eigenvalue weighted by Gasteiger charge is 2.52. The number of hydrogen-bond donors (Lipinski definition) is 0. The minimum atomic E-state index is -0.225. The van der Waals surface area contributed by atoms with Gasteiger partial charge in [0.25, 0.3) is 5.91 Å². The van der Waals surface area contributed by atoms with Crippen molar-refractivity contribution in [2.45, 2.75) is 64.6 Å². The summed E-state index contributed by atoms with van der Waals surface area (Å²) in [6.45, 7) is 8.63. The monoisotopic (exact) mass is 442 g/mol. The SMILES string of the molecule is CC(C)C(C)(C)O[B]c1ccc2nc3n(c2c1)[C@@H]1C[C@H]3N(C)C(=O)C2=CC=CC(C3CC3)C21. The molecule has 1 aromatic heterocycles. The van der Waals surface area contributed by atoms with Crippen LogP contribution < -0.4 is 5.46 Å². The van der Waals surface area contributed by atoms with Gasteiger partial charge in [0.05, 0.1) is 17.1 Å². The van der Waals surface area contributed by atoms with Crippen LogP contribution in [0.25, 0.3) is 11.0 Å². The zero-order valence-corrected chi connectivity index (χ0v) is 20.3. The predicted molar refractivity (Wildman–Crippen MR) is 131 cm³/mol. The average molecular weight is 442 g/mol. The molecule has 1 radical (unpaired) electrons. The maximum Gasteiger partial charge on any atom is 0.330 e. The molecule has 0 spiro atoms. The molecular weight excluding hydrogens is 409 g/mol. The molecule has 2 bridgehead atoms. The van der Waals surface area contributed by atoms with E-state index in [1.807, 2.05) is 19.4 Å². The van der Waals surface area contributed by atoms with Gasteiger partial charge in [0.2, 0.25) is 0 Å². The first-order valence-electron chi connectivity index (χ1n) is 12.4. The van der Waals surface area contributed by atoms with Gasteiger partial charge in [0.15, 0.2) is 0 Å². The number of likely N-dealkylation sites (tertiary alicyclic amines) is 1. The zero-order chi connectivity index (χ0) is 23.1. The highest BCUT2D eigenvalue weighted by atomic mass is 16.5. The fraction of sp³-hybridized carbons (Fsp3) is 0.556. The summed E-state index contributed by atoms with van der Waals surface area (Å²) in [6.07, 6.45) is 10.1. The van der Waals surface area contributed by atoms with Crippen LogP contribution in [0.3, 0.4) is 0 Å². The molecule has 1 saturated heterocycles. The molecule has 2 aliphatic heterocycles. The van der Waals surface area contributed by atoms with Gasteiger partial charge in [-0.25, -0.2) is 4.98 Å². The number of carbonyl (C=O) groups is 1. The number of imidazole rings is 1. The average Bonchev–Trinajstić information content (AvgIpc) is 3.50. The van der Waals surface area contributed by atoms with Crippen molar-refractivity contribution in [1.29, 1.82) is 0 Å². The van der Waals surface area contributed by atoms with E-state index in [-0.39, 0.29) is 29.5 Å². The van der Waals surface area contributed by atoms with Crippen molar-refractivity contribution >= 4 is 29.9 Å². The molecule has 0 N–H and O–H groups in total. The van der Waals surface area contributed by atoms with E-state index in [0.29, 0.717) is 17.8 Å². The Hall–Kier alpha value is -2.34. The first kappa shape index (κ1) is 21.2. The lowest BCUT2D eigenvalue weighted by Gasteiger charge is -2.35. The molecule has 2 fully saturated rings. The Balaban J connectivity index is 1.43. The summed E-state index contributed by atoms with van der Waals surface area (Å²) in [7, 11) is 3.85. The number of rotatable bonds is 5. The summed E-state index contributed by atoms with van der Waals surface area (Å²) in [5.74, 6) is 3.01. The maximum atomic E-state index is 13.4. The van der Waals surface area contributed by atoms with Crippen LogP contribution in [0.5, 0.6) is 0 Å². The van der Waals surface area contributed by atoms with Crippen molar-refractivity contribution in [2.24, 2.45) is 23.7 Å². The van der Waals surface area contributed by atoms with Gasteiger partial charge in [0.1, 0.15) is 5.82 Å². The zero-order valence-electron chi connectivity index (χ0n) is 20.3. The molecule has 2 unspecified atom stereocenters. The number of fused-ring (bicyclic) bond motifs is 9. The number of likely N-dealkylation sites (N-methyl/N-ethyl adjacent to an activating group) is 1. The van der Waals surface area contributed by atoms with E-state index in [0.717, 1.165) is 34.3 Å². The Morgan fingerprint density at radius 2 is 2.03 bits per heavy atom. The molecule has 2 aliphatic carbocycles. The minimum absolute atomic E-state index is 0.0322. The summed E-state index contributed by atoms with van der Waals surface area (Å²) in [6, 6.07) is 6.69. The molecule has 2 aromatic rings. The second kappa shape index (κ2) is 7.33. The van der Waals surface area contributed by atoms with E-state index in [9.17, 15) is 4.79 Å². The third kappa shape index (κ3) is 3.24. The van der Waals surface area contributed by atoms with Crippen molar-refractivity contribution in [1.82, 2.24) is 14.5 Å². The first-order chi connectivity index (χ1) is 15.8. The van der Waals surface area contributed by atoms with Gasteiger partial charge in [-0.15, -0.1) is 0 Å². The van der Waals surface area contributed by atoms with Crippen molar-refractivity contribution in [2.75, 3.05) is 7.05 Å². The molecule has 3 heterocycles. The normalized spacial score (nSPS) is 28.7. The van der Waals surface area contributed by atoms with Gasteiger partial charge in [-0.3, -0.25) is 4.79 Å². The number of allylic oxidation sites excluding steroid dienone is 3. The van der Waals surface area contributed by atoms with E-state index in [1.165, 1.54) is 12.8 Å². The molecule has 4 atom stereocenters. The van der Waals surface area contributed by atoms with Gasteiger partial charge < -0.3 is 14.1 Å². The Bertz CT molecular complexity index is 1190. The predicted octanol–water partition coefficient (Wildman–Crippen LogP) is 4.33. The molecule has 5 nitrogen and oxygen atoms in total. The number of nitrogens with zero attached hydrogens (tertiary/aromatic N) is 3. The molecule has 1 saturated carbocycles. The highest BCUT2D eigenvalue weighted by Crippen LogP contribution is 2.56. The summed E-state index contributed by atoms with van der Waals surface area (Å²) in [5.41, 5.74) is 3.98. The number of aromatic nitrogens is 2. The standard InChI is InChI=1S/C27H33BN3O2/c1-15(2)27(3,4)33-28-17-11-12-20-21(13-17)31-22-14-23(25(31)29-20)30(5)26(32)19-8-6-7-18(24(19)22)16-9-10-16/h6-8,11-13,15-16,18,22-24H,9-10,14H2,1-5H3/t18?,22-,23-,24?/m1/s1. The number of benzene rings is 1. The Morgan fingerprint density at radius 3 is 2.76 bits per heavy atom. The van der Waals surface area contributed by atoms with Crippen LogP contribution in [-0.2, 0) is 9.45 Å². The van der Waals surface area contributed by atoms with Crippen LogP contribution >= 0.6 is 0 Å². The molecule has 33 heavy (non-hydrogen) atoms. The lowest BCUT2D eigenvalue weighted by molar-refractivity contribution is -0.128. The fourth-order valence-corrected chi connectivity index (χ4v) is 5.90. The van der Waals surface area contributed by atoms with Gasteiger partial charge >= 0.3 is 7.48 Å². The van der Waals surface area contributed by atoms with E-state index >= 15 is 0 Å². The van der Waals surface area contributed by atoms with Crippen LogP contribution in [0.1, 0.15) is 64.9 Å². The quantitative estimate of drug-likeness (QED) is 0.648. The molecule has 6 heteroatoms. The molecule has 6 rings (SSSR count). The van der Waals surface area contributed by atoms with Crippen LogP contribution in [0, 0.1) is 23.7 Å². The Kier molecular flexibility index (Phi) is 4.71. The van der Waals surface area contributed by atoms with Crippen LogP contribution in [0.4, 0.5) is 0 Å². The lowest BCUT2D eigenvalue weighted by Crippen LogP contribution is -2.37. The summed E-state index contributed by atoms with van der Waals surface area (Å²) < 4.78 is 8.64. The van der Waals surface area contributed by atoms with Gasteiger partial charge in [-0.1, -0.05) is 43.6 Å². The number of carbonyl (C=O) groups excluding carboxylic acids is 1. The minimum Gasteiger partial charge on any atom is -0.429 e. The molecule has 4 aliphatic rings. The largest absolute Gasteiger partial charge is 0.429 e. The number of hydrogen-bond acceptors (Lipinski definition) is 3. The maximum absolute atomic E-state index is 13.4. The van der Waals surface area contributed by atoms with Gasteiger partial charge in [0, 0.05) is 30.2 Å². The fourth-order valence-electron chi connectivity index (χ4n) is 5.90. The van der Waals surface area contributed by atoms with Crippen LogP contribution in [-0.4, -0.2) is 40.5 Å². The third-order valence-electron chi connectivity index (χ3n) is 8.72.